The molecular formula is C16H10ClFN4O. The van der Waals surface area contributed by atoms with Crippen molar-refractivity contribution in [2.24, 2.45) is 7.05 Å². The highest BCUT2D eigenvalue weighted by Gasteiger charge is 2.19. The Morgan fingerprint density at radius 1 is 1.26 bits per heavy atom. The van der Waals surface area contributed by atoms with Crippen molar-refractivity contribution >= 4 is 33.4 Å². The van der Waals surface area contributed by atoms with E-state index in [0.717, 1.165) is 4.68 Å². The van der Waals surface area contributed by atoms with Crippen LogP contribution in [0.5, 0.6) is 0 Å². The molecule has 0 aliphatic carbocycles. The molecule has 0 saturated carbocycles. The number of nitrogens with zero attached hydrogens (tertiary/aromatic N) is 4. The van der Waals surface area contributed by atoms with Crippen molar-refractivity contribution in [3.8, 4) is 5.69 Å². The van der Waals surface area contributed by atoms with Crippen LogP contribution in [0.15, 0.2) is 47.5 Å². The normalized spacial score (nSPS) is 11.4. The van der Waals surface area contributed by atoms with E-state index in [1.807, 2.05) is 0 Å². The van der Waals surface area contributed by atoms with Gasteiger partial charge in [-0.1, -0.05) is 17.7 Å². The van der Waals surface area contributed by atoms with Crippen LogP contribution in [0.25, 0.3) is 27.5 Å². The van der Waals surface area contributed by atoms with E-state index in [4.69, 9.17) is 11.6 Å². The van der Waals surface area contributed by atoms with Crippen LogP contribution < -0.4 is 5.56 Å². The second-order valence-corrected chi connectivity index (χ2v) is 5.59. The summed E-state index contributed by atoms with van der Waals surface area (Å²) in [5.41, 5.74) is 0.735. The lowest BCUT2D eigenvalue weighted by atomic mass is 10.1. The third kappa shape index (κ3) is 1.95. The number of halogens is 2. The number of pyridine rings is 2. The van der Waals surface area contributed by atoms with Gasteiger partial charge >= 0.3 is 0 Å². The molecule has 0 N–H and O–H groups in total. The summed E-state index contributed by atoms with van der Waals surface area (Å²) in [5, 5.41) is 5.25. The first-order valence-corrected chi connectivity index (χ1v) is 7.22. The maximum absolute atomic E-state index is 14.4. The van der Waals surface area contributed by atoms with Crippen molar-refractivity contribution in [3.63, 3.8) is 0 Å². The molecule has 0 amide bonds. The van der Waals surface area contributed by atoms with Gasteiger partial charge in [0.2, 0.25) is 5.95 Å². The molecule has 3 aromatic heterocycles. The van der Waals surface area contributed by atoms with E-state index in [0.29, 0.717) is 21.6 Å². The maximum Gasteiger partial charge on any atom is 0.284 e. The third-order valence-corrected chi connectivity index (χ3v) is 3.99. The standard InChI is InChI=1S/C16H10ClFN4O/c1-21-15(18)13-11-5-4-9(17)7-12(11)22(16(23)14(13)20-21)10-3-2-6-19-8-10/h2-8H,1H3. The highest BCUT2D eigenvalue weighted by molar-refractivity contribution is 6.31. The van der Waals surface area contributed by atoms with Crippen LogP contribution in [-0.4, -0.2) is 19.3 Å². The fourth-order valence-corrected chi connectivity index (χ4v) is 2.92. The Balaban J connectivity index is 2.31. The van der Waals surface area contributed by atoms with Gasteiger partial charge < -0.3 is 0 Å². The number of benzene rings is 1. The fourth-order valence-electron chi connectivity index (χ4n) is 2.75. The molecule has 0 aliphatic rings. The fraction of sp³-hybridized carbons (Fsp3) is 0.0625. The minimum atomic E-state index is -0.553. The second-order valence-electron chi connectivity index (χ2n) is 5.15. The first-order chi connectivity index (χ1) is 11.1. The Morgan fingerprint density at radius 2 is 2.09 bits per heavy atom. The van der Waals surface area contributed by atoms with Crippen LogP contribution in [0.3, 0.4) is 0 Å². The zero-order valence-corrected chi connectivity index (χ0v) is 12.8. The molecule has 0 radical (unpaired) electrons. The lowest BCUT2D eigenvalue weighted by Crippen LogP contribution is -2.19. The molecule has 4 aromatic rings. The molecule has 3 heterocycles. The van der Waals surface area contributed by atoms with Gasteiger partial charge in [0.25, 0.3) is 5.56 Å². The van der Waals surface area contributed by atoms with E-state index in [1.165, 1.54) is 11.6 Å². The number of aryl methyl sites for hydroxylation is 1. The van der Waals surface area contributed by atoms with Crippen molar-refractivity contribution < 1.29 is 4.39 Å². The first kappa shape index (κ1) is 13.9. The monoisotopic (exact) mass is 328 g/mol. The predicted molar refractivity (Wildman–Crippen MR) is 86.6 cm³/mol. The Hall–Kier alpha value is -2.73. The van der Waals surface area contributed by atoms with E-state index < -0.39 is 11.5 Å². The van der Waals surface area contributed by atoms with Crippen LogP contribution in [0.1, 0.15) is 0 Å². The van der Waals surface area contributed by atoms with Gasteiger partial charge in [-0.2, -0.15) is 9.49 Å². The van der Waals surface area contributed by atoms with Crippen molar-refractivity contribution in [1.82, 2.24) is 19.3 Å². The summed E-state index contributed by atoms with van der Waals surface area (Å²) in [7, 11) is 1.46. The second kappa shape index (κ2) is 4.89. The Bertz CT molecular complexity index is 1120. The summed E-state index contributed by atoms with van der Waals surface area (Å²) < 4.78 is 16.9. The molecular weight excluding hydrogens is 319 g/mol. The minimum absolute atomic E-state index is 0.0728. The van der Waals surface area contributed by atoms with Crippen LogP contribution in [0, 0.1) is 5.95 Å². The van der Waals surface area contributed by atoms with Gasteiger partial charge in [0.1, 0.15) is 0 Å². The Kier molecular flexibility index (Phi) is 2.96. The molecule has 0 aliphatic heterocycles. The number of aromatic nitrogens is 4. The highest BCUT2D eigenvalue weighted by Crippen LogP contribution is 2.28. The van der Waals surface area contributed by atoms with Gasteiger partial charge in [-0.25, -0.2) is 4.68 Å². The quantitative estimate of drug-likeness (QED) is 0.539. The van der Waals surface area contributed by atoms with E-state index >= 15 is 0 Å². The van der Waals surface area contributed by atoms with Crippen molar-refractivity contribution in [2.75, 3.05) is 0 Å². The Labute approximate surface area is 134 Å². The number of hydrogen-bond acceptors (Lipinski definition) is 3. The maximum atomic E-state index is 14.4. The van der Waals surface area contributed by atoms with Crippen LogP contribution >= 0.6 is 11.6 Å². The van der Waals surface area contributed by atoms with E-state index in [-0.39, 0.29) is 10.9 Å². The number of fused-ring (bicyclic) bond motifs is 3. The topological polar surface area (TPSA) is 52.7 Å². The summed E-state index contributed by atoms with van der Waals surface area (Å²) >= 11 is 6.08. The summed E-state index contributed by atoms with van der Waals surface area (Å²) in [6.07, 6.45) is 3.18. The van der Waals surface area contributed by atoms with Crippen LogP contribution in [0.2, 0.25) is 5.02 Å². The molecule has 4 rings (SSSR count). The molecule has 114 valence electrons. The molecule has 5 nitrogen and oxygen atoms in total. The Morgan fingerprint density at radius 3 is 2.83 bits per heavy atom. The molecule has 0 unspecified atom stereocenters. The summed E-state index contributed by atoms with van der Waals surface area (Å²) in [6, 6.07) is 8.46. The van der Waals surface area contributed by atoms with E-state index in [1.54, 1.807) is 42.7 Å². The van der Waals surface area contributed by atoms with Gasteiger partial charge in [-0.05, 0) is 24.3 Å². The zero-order chi connectivity index (χ0) is 16.1. The highest BCUT2D eigenvalue weighted by atomic mass is 35.5. The molecule has 0 bridgehead atoms. The predicted octanol–water partition coefficient (Wildman–Crippen LogP) is 3.06. The molecule has 23 heavy (non-hydrogen) atoms. The van der Waals surface area contributed by atoms with Gasteiger partial charge in [0, 0.05) is 23.7 Å². The largest absolute Gasteiger partial charge is 0.284 e. The minimum Gasteiger partial charge on any atom is -0.273 e. The average molecular weight is 329 g/mol. The molecule has 0 spiro atoms. The van der Waals surface area contributed by atoms with E-state index in [9.17, 15) is 9.18 Å². The molecule has 0 atom stereocenters. The number of hydrogen-bond donors (Lipinski definition) is 0. The van der Waals surface area contributed by atoms with Crippen molar-refractivity contribution in [3.05, 3.63) is 64.0 Å². The van der Waals surface area contributed by atoms with Crippen molar-refractivity contribution in [2.45, 2.75) is 0 Å². The SMILES string of the molecule is Cn1nc2c(=O)n(-c3cccnc3)c3cc(Cl)ccc3c2c1F. The summed E-state index contributed by atoms with van der Waals surface area (Å²) in [6.45, 7) is 0. The molecule has 0 fully saturated rings. The van der Waals surface area contributed by atoms with Gasteiger partial charge in [0.15, 0.2) is 5.52 Å². The first-order valence-electron chi connectivity index (χ1n) is 6.85. The smallest absolute Gasteiger partial charge is 0.273 e. The van der Waals surface area contributed by atoms with Gasteiger partial charge in [0.05, 0.1) is 22.8 Å². The van der Waals surface area contributed by atoms with Crippen LogP contribution in [-0.2, 0) is 7.05 Å². The molecule has 0 saturated heterocycles. The van der Waals surface area contributed by atoms with Crippen LogP contribution in [0.4, 0.5) is 4.39 Å². The lowest BCUT2D eigenvalue weighted by Gasteiger charge is -2.11. The summed E-state index contributed by atoms with van der Waals surface area (Å²) in [4.78, 5) is 16.9. The third-order valence-electron chi connectivity index (χ3n) is 3.76. The summed E-state index contributed by atoms with van der Waals surface area (Å²) in [5.74, 6) is -0.553. The van der Waals surface area contributed by atoms with Crippen molar-refractivity contribution in [1.29, 1.82) is 0 Å². The zero-order valence-electron chi connectivity index (χ0n) is 12.0. The molecule has 1 aromatic carbocycles. The van der Waals surface area contributed by atoms with Gasteiger partial charge in [-0.3, -0.25) is 14.3 Å². The number of rotatable bonds is 1. The molecule has 7 heteroatoms. The van der Waals surface area contributed by atoms with E-state index in [2.05, 4.69) is 10.1 Å². The average Bonchev–Trinajstić information content (AvgIpc) is 2.85. The van der Waals surface area contributed by atoms with Gasteiger partial charge in [-0.15, -0.1) is 0 Å². The lowest BCUT2D eigenvalue weighted by molar-refractivity contribution is 0.512.